The number of benzene rings is 3. The lowest BCUT2D eigenvalue weighted by Gasteiger charge is -2.16. The van der Waals surface area contributed by atoms with Crippen molar-refractivity contribution in [3.05, 3.63) is 84.3 Å². The third-order valence-electron chi connectivity index (χ3n) is 5.52. The number of hydrogen-bond donors (Lipinski definition) is 0. The summed E-state index contributed by atoms with van der Waals surface area (Å²) in [4.78, 5) is 0. The monoisotopic (exact) mass is 427 g/mol. The molecule has 0 spiro atoms. The van der Waals surface area contributed by atoms with Crippen LogP contribution in [0.5, 0.6) is 11.5 Å². The van der Waals surface area contributed by atoms with E-state index in [2.05, 4.69) is 39.2 Å². The molecule has 0 fully saturated rings. The Bertz CT molecular complexity index is 1340. The molecule has 5 rings (SSSR count). The van der Waals surface area contributed by atoms with Gasteiger partial charge in [-0.05, 0) is 67.1 Å². The van der Waals surface area contributed by atoms with Crippen molar-refractivity contribution in [1.29, 1.82) is 0 Å². The van der Waals surface area contributed by atoms with Crippen LogP contribution in [0.15, 0.2) is 72.9 Å². The summed E-state index contributed by atoms with van der Waals surface area (Å²) in [6.07, 6.45) is 2.07. The van der Waals surface area contributed by atoms with Crippen molar-refractivity contribution in [2.45, 2.75) is 13.5 Å². The van der Waals surface area contributed by atoms with Crippen molar-refractivity contribution in [3.63, 3.8) is 0 Å². The maximum absolute atomic E-state index is 13.5. The molecule has 0 radical (unpaired) electrons. The van der Waals surface area contributed by atoms with E-state index >= 15 is 0 Å². The normalized spacial score (nSPS) is 11.2. The molecule has 0 aliphatic carbocycles. The van der Waals surface area contributed by atoms with Gasteiger partial charge in [0.2, 0.25) is 0 Å². The summed E-state index contributed by atoms with van der Waals surface area (Å²) in [5.74, 6) is 1.33. The predicted molar refractivity (Wildman–Crippen MR) is 123 cm³/mol. The second kappa shape index (κ2) is 8.30. The van der Waals surface area contributed by atoms with Gasteiger partial charge in [0.15, 0.2) is 0 Å². The average molecular weight is 427 g/mol. The fourth-order valence-corrected chi connectivity index (χ4v) is 3.96. The maximum atomic E-state index is 13.5. The molecule has 0 saturated carbocycles. The molecule has 2 aliphatic heterocycles. The summed E-state index contributed by atoms with van der Waals surface area (Å²) in [5.41, 5.74) is 5.43. The van der Waals surface area contributed by atoms with Crippen LogP contribution in [0, 0.1) is 5.82 Å². The van der Waals surface area contributed by atoms with E-state index in [1.807, 2.05) is 31.2 Å². The molecule has 2 heterocycles. The lowest BCUT2D eigenvalue weighted by molar-refractivity contribution is 0.340. The third kappa shape index (κ3) is 3.64. The van der Waals surface area contributed by atoms with Gasteiger partial charge in [0.25, 0.3) is 0 Å². The number of nitrogens with zero attached hydrogens (tertiary/aromatic N) is 3. The summed E-state index contributed by atoms with van der Waals surface area (Å²) in [7, 11) is 1.66. The molecule has 0 aromatic heterocycles. The first-order valence-corrected chi connectivity index (χ1v) is 10.5. The van der Waals surface area contributed by atoms with Crippen LogP contribution in [0.4, 0.5) is 4.39 Å². The number of rotatable bonds is 6. The molecule has 0 N–H and O–H groups in total. The van der Waals surface area contributed by atoms with Crippen LogP contribution < -0.4 is 9.47 Å². The Kier molecular flexibility index (Phi) is 5.19. The first-order valence-electron chi connectivity index (χ1n) is 10.5. The first kappa shape index (κ1) is 20.0. The van der Waals surface area contributed by atoms with Gasteiger partial charge in [0.1, 0.15) is 28.7 Å². The van der Waals surface area contributed by atoms with Crippen molar-refractivity contribution < 1.29 is 13.9 Å². The zero-order chi connectivity index (χ0) is 22.1. The van der Waals surface area contributed by atoms with Gasteiger partial charge in [-0.1, -0.05) is 12.1 Å². The van der Waals surface area contributed by atoms with Gasteiger partial charge in [0.05, 0.1) is 19.2 Å². The largest absolute Gasteiger partial charge is 0.497 e. The minimum absolute atomic E-state index is 0.279. The number of fused-ring (bicyclic) bond motifs is 3. The van der Waals surface area contributed by atoms with Gasteiger partial charge in [-0.15, -0.1) is 10.2 Å². The highest BCUT2D eigenvalue weighted by Gasteiger charge is 2.21. The Labute approximate surface area is 185 Å². The lowest BCUT2D eigenvalue weighted by Crippen LogP contribution is -2.04. The molecular weight excluding hydrogens is 405 g/mol. The van der Waals surface area contributed by atoms with Crippen LogP contribution in [0.2, 0.25) is 0 Å². The zero-order valence-electron chi connectivity index (χ0n) is 17.9. The molecule has 6 heteroatoms. The van der Waals surface area contributed by atoms with Gasteiger partial charge in [-0.2, -0.15) is 0 Å². The highest BCUT2D eigenvalue weighted by Crippen LogP contribution is 2.38. The van der Waals surface area contributed by atoms with Gasteiger partial charge >= 0.3 is 0 Å². The molecule has 2 aliphatic rings. The Balaban J connectivity index is 1.68. The standard InChI is InChI=1S/C26H22FN3O2/c1-3-32-21-12-13-24-22(14-21)26-23(25(28-29-26)18-6-8-19(27)9-7-18)16-30(24)15-17-4-10-20(31-2)11-5-17/h4-14,16H,3,15H2,1-2H3. The van der Waals surface area contributed by atoms with E-state index in [9.17, 15) is 4.39 Å². The highest BCUT2D eigenvalue weighted by molar-refractivity contribution is 5.98. The second-order valence-corrected chi connectivity index (χ2v) is 7.53. The molecule has 0 bridgehead atoms. The van der Waals surface area contributed by atoms with Crippen molar-refractivity contribution in [3.8, 4) is 34.0 Å². The number of aromatic nitrogens is 3. The van der Waals surface area contributed by atoms with Crippen molar-refractivity contribution in [2.24, 2.45) is 0 Å². The Morgan fingerprint density at radius 1 is 0.875 bits per heavy atom. The van der Waals surface area contributed by atoms with Crippen LogP contribution >= 0.6 is 0 Å². The van der Waals surface area contributed by atoms with Crippen LogP contribution in [0.1, 0.15) is 12.5 Å². The van der Waals surface area contributed by atoms with E-state index in [1.165, 1.54) is 12.1 Å². The molecule has 3 aromatic rings. The smallest absolute Gasteiger partial charge is 0.123 e. The van der Waals surface area contributed by atoms with E-state index in [0.717, 1.165) is 50.5 Å². The minimum atomic E-state index is -0.279. The molecule has 32 heavy (non-hydrogen) atoms. The van der Waals surface area contributed by atoms with E-state index in [4.69, 9.17) is 9.47 Å². The topological polar surface area (TPSA) is 49.2 Å². The van der Waals surface area contributed by atoms with Crippen LogP contribution in [-0.4, -0.2) is 28.5 Å². The Morgan fingerprint density at radius 3 is 2.31 bits per heavy atom. The van der Waals surface area contributed by atoms with Gasteiger partial charge in [-0.25, -0.2) is 4.39 Å². The zero-order valence-corrected chi connectivity index (χ0v) is 17.9. The SMILES string of the molecule is CCOc1ccc2c(c1)c1nnc(-c3ccc(F)cc3)c-1cn2Cc1ccc(OC)cc1. The van der Waals surface area contributed by atoms with E-state index in [0.29, 0.717) is 13.2 Å². The summed E-state index contributed by atoms with van der Waals surface area (Å²) >= 11 is 0. The van der Waals surface area contributed by atoms with Gasteiger partial charge < -0.3 is 14.0 Å². The Hall–Kier alpha value is -3.93. The quantitative estimate of drug-likeness (QED) is 0.344. The number of pyridine rings is 1. The van der Waals surface area contributed by atoms with Crippen LogP contribution in [-0.2, 0) is 6.54 Å². The molecular formula is C26H22FN3O2. The van der Waals surface area contributed by atoms with Crippen LogP contribution in [0.25, 0.3) is 33.4 Å². The summed E-state index contributed by atoms with van der Waals surface area (Å²) in [6, 6.07) is 20.4. The van der Waals surface area contributed by atoms with E-state index in [1.54, 1.807) is 19.2 Å². The fraction of sp³-hybridized carbons (Fsp3) is 0.154. The molecule has 5 nitrogen and oxygen atoms in total. The summed E-state index contributed by atoms with van der Waals surface area (Å²) in [6.45, 7) is 3.21. The van der Waals surface area contributed by atoms with Crippen molar-refractivity contribution >= 4 is 10.9 Å². The average Bonchev–Trinajstić information content (AvgIpc) is 3.24. The lowest BCUT2D eigenvalue weighted by atomic mass is 10.0. The maximum Gasteiger partial charge on any atom is 0.123 e. The predicted octanol–water partition coefficient (Wildman–Crippen LogP) is 5.80. The van der Waals surface area contributed by atoms with Crippen molar-refractivity contribution in [1.82, 2.24) is 14.8 Å². The molecule has 0 unspecified atom stereocenters. The third-order valence-corrected chi connectivity index (χ3v) is 5.52. The minimum Gasteiger partial charge on any atom is -0.497 e. The van der Waals surface area contributed by atoms with Crippen molar-refractivity contribution in [2.75, 3.05) is 13.7 Å². The summed E-state index contributed by atoms with van der Waals surface area (Å²) in [5, 5.41) is 9.90. The number of methoxy groups -OCH3 is 1. The van der Waals surface area contributed by atoms with Gasteiger partial charge in [0, 0.05) is 29.3 Å². The van der Waals surface area contributed by atoms with Gasteiger partial charge in [-0.3, -0.25) is 0 Å². The van der Waals surface area contributed by atoms with E-state index in [-0.39, 0.29) is 5.82 Å². The second-order valence-electron chi connectivity index (χ2n) is 7.53. The molecule has 3 aromatic carbocycles. The molecule has 0 saturated heterocycles. The van der Waals surface area contributed by atoms with Crippen LogP contribution in [0.3, 0.4) is 0 Å². The highest BCUT2D eigenvalue weighted by atomic mass is 19.1. The first-order chi connectivity index (χ1) is 15.7. The molecule has 160 valence electrons. The number of ether oxygens (including phenoxy) is 2. The summed E-state index contributed by atoms with van der Waals surface area (Å²) < 4.78 is 26.7. The number of hydrogen-bond acceptors (Lipinski definition) is 4. The van der Waals surface area contributed by atoms with E-state index < -0.39 is 0 Å². The number of halogens is 1. The fourth-order valence-electron chi connectivity index (χ4n) is 3.96. The Morgan fingerprint density at radius 2 is 1.59 bits per heavy atom. The molecule has 0 amide bonds. The molecule has 0 atom stereocenters.